The summed E-state index contributed by atoms with van der Waals surface area (Å²) in [5, 5.41) is -0.171. The highest BCUT2D eigenvalue weighted by atomic mass is 32.2. The zero-order chi connectivity index (χ0) is 18.4. The molecule has 1 unspecified atom stereocenters. The fraction of sp³-hybridized carbons (Fsp3) is 0.333. The number of amides is 1. The van der Waals surface area contributed by atoms with E-state index in [-0.39, 0.29) is 17.3 Å². The van der Waals surface area contributed by atoms with Gasteiger partial charge in [-0.25, -0.2) is 4.79 Å². The maximum atomic E-state index is 12.8. The van der Waals surface area contributed by atoms with Gasteiger partial charge in [-0.15, -0.1) is 11.8 Å². The van der Waals surface area contributed by atoms with E-state index in [2.05, 4.69) is 0 Å². The first-order valence-electron chi connectivity index (χ1n) is 8.89. The van der Waals surface area contributed by atoms with E-state index in [9.17, 15) is 9.59 Å². The lowest BCUT2D eigenvalue weighted by Gasteiger charge is -2.40. The van der Waals surface area contributed by atoms with Crippen LogP contribution in [-0.2, 0) is 20.7 Å². The molecule has 2 aromatic rings. The third-order valence-electron chi connectivity index (χ3n) is 4.38. The van der Waals surface area contributed by atoms with E-state index in [1.165, 1.54) is 0 Å². The van der Waals surface area contributed by atoms with Gasteiger partial charge in [-0.2, -0.15) is 0 Å². The molecule has 136 valence electrons. The number of hydrogen-bond acceptors (Lipinski definition) is 4. The number of hydrogen-bond donors (Lipinski definition) is 0. The first-order valence-corrected chi connectivity index (χ1v) is 9.94. The third kappa shape index (κ3) is 4.28. The first kappa shape index (κ1) is 18.5. The topological polar surface area (TPSA) is 46.6 Å². The van der Waals surface area contributed by atoms with Gasteiger partial charge in [0.1, 0.15) is 11.4 Å². The fourth-order valence-electron chi connectivity index (χ4n) is 3.18. The second-order valence-electron chi connectivity index (χ2n) is 6.14. The molecule has 0 radical (unpaired) electrons. The van der Waals surface area contributed by atoms with E-state index >= 15 is 0 Å². The van der Waals surface area contributed by atoms with Crippen LogP contribution in [0.5, 0.6) is 0 Å². The molecule has 3 rings (SSSR count). The predicted octanol–water partition coefficient (Wildman–Crippen LogP) is 3.83. The highest BCUT2D eigenvalue weighted by molar-refractivity contribution is 7.99. The van der Waals surface area contributed by atoms with Crippen LogP contribution in [0.4, 0.5) is 0 Å². The lowest BCUT2D eigenvalue weighted by Crippen LogP contribution is -2.50. The number of rotatable bonds is 6. The Morgan fingerprint density at radius 1 is 1.15 bits per heavy atom. The van der Waals surface area contributed by atoms with E-state index < -0.39 is 6.04 Å². The predicted molar refractivity (Wildman–Crippen MR) is 104 cm³/mol. The largest absolute Gasteiger partial charge is 0.464 e. The lowest BCUT2D eigenvalue weighted by molar-refractivity contribution is -0.155. The second kappa shape index (κ2) is 8.90. The number of benzene rings is 2. The van der Waals surface area contributed by atoms with E-state index in [1.54, 1.807) is 23.6 Å². The second-order valence-corrected chi connectivity index (χ2v) is 7.33. The maximum Gasteiger partial charge on any atom is 0.329 e. The third-order valence-corrected chi connectivity index (χ3v) is 5.64. The van der Waals surface area contributed by atoms with Crippen LogP contribution in [-0.4, -0.2) is 35.2 Å². The Morgan fingerprint density at radius 3 is 2.46 bits per heavy atom. The summed E-state index contributed by atoms with van der Waals surface area (Å²) in [5.74, 6) is 0.426. The minimum absolute atomic E-state index is 0.00610. The summed E-state index contributed by atoms with van der Waals surface area (Å²) in [4.78, 5) is 27.3. The van der Waals surface area contributed by atoms with Crippen molar-refractivity contribution in [2.45, 2.75) is 31.2 Å². The summed E-state index contributed by atoms with van der Waals surface area (Å²) in [5.41, 5.74) is 2.05. The SMILES string of the molecule is CCOC(=O)[C@@H](Cc1ccccc1)N1C(=O)CCSC1c1ccccc1. The Morgan fingerprint density at radius 2 is 1.81 bits per heavy atom. The van der Waals surface area contributed by atoms with Crippen molar-refractivity contribution >= 4 is 23.6 Å². The van der Waals surface area contributed by atoms with Crippen LogP contribution >= 0.6 is 11.8 Å². The van der Waals surface area contributed by atoms with Gasteiger partial charge < -0.3 is 9.64 Å². The average molecular weight is 369 g/mol. The van der Waals surface area contributed by atoms with Crippen molar-refractivity contribution in [2.24, 2.45) is 0 Å². The molecule has 1 saturated heterocycles. The molecule has 0 N–H and O–H groups in total. The molecule has 0 bridgehead atoms. The van der Waals surface area contributed by atoms with Crippen molar-refractivity contribution in [3.05, 3.63) is 71.8 Å². The molecule has 1 aliphatic heterocycles. The summed E-state index contributed by atoms with van der Waals surface area (Å²) < 4.78 is 5.32. The Hall–Kier alpha value is -2.27. The van der Waals surface area contributed by atoms with Gasteiger partial charge in [0.25, 0.3) is 0 Å². The van der Waals surface area contributed by atoms with Crippen molar-refractivity contribution in [1.29, 1.82) is 0 Å². The molecule has 1 aliphatic rings. The van der Waals surface area contributed by atoms with Crippen LogP contribution < -0.4 is 0 Å². The molecule has 26 heavy (non-hydrogen) atoms. The fourth-order valence-corrected chi connectivity index (χ4v) is 4.47. The molecule has 0 spiro atoms. The van der Waals surface area contributed by atoms with Gasteiger partial charge >= 0.3 is 5.97 Å². The minimum atomic E-state index is -0.622. The highest BCUT2D eigenvalue weighted by Crippen LogP contribution is 2.39. The summed E-state index contributed by atoms with van der Waals surface area (Å²) >= 11 is 1.70. The van der Waals surface area contributed by atoms with Crippen LogP contribution in [0.15, 0.2) is 60.7 Å². The smallest absolute Gasteiger partial charge is 0.329 e. The molecule has 1 heterocycles. The Labute approximate surface area is 158 Å². The van der Waals surface area contributed by atoms with Gasteiger partial charge in [0.05, 0.1) is 6.61 Å². The first-order chi connectivity index (χ1) is 12.7. The van der Waals surface area contributed by atoms with Gasteiger partial charge in [0, 0.05) is 18.6 Å². The van der Waals surface area contributed by atoms with Crippen molar-refractivity contribution in [1.82, 2.24) is 4.90 Å². The van der Waals surface area contributed by atoms with Crippen molar-refractivity contribution in [3.8, 4) is 0 Å². The van der Waals surface area contributed by atoms with Crippen LogP contribution in [0.2, 0.25) is 0 Å². The van der Waals surface area contributed by atoms with Crippen LogP contribution in [0.25, 0.3) is 0 Å². The number of carbonyl (C=O) groups excluding carboxylic acids is 2. The number of carbonyl (C=O) groups is 2. The zero-order valence-corrected chi connectivity index (χ0v) is 15.7. The van der Waals surface area contributed by atoms with Gasteiger partial charge in [-0.3, -0.25) is 4.79 Å². The maximum absolute atomic E-state index is 12.8. The molecular weight excluding hydrogens is 346 g/mol. The summed E-state index contributed by atoms with van der Waals surface area (Å²) in [6.45, 7) is 2.09. The lowest BCUT2D eigenvalue weighted by atomic mass is 10.0. The standard InChI is InChI=1S/C21H23NO3S/c1-2-25-21(24)18(15-16-9-5-3-6-10-16)22-19(23)13-14-26-20(22)17-11-7-4-8-12-17/h3-12,18,20H,2,13-15H2,1H3/t18-,20?/m1/s1. The van der Waals surface area contributed by atoms with Gasteiger partial charge in [-0.05, 0) is 18.1 Å². The number of thioether (sulfide) groups is 1. The molecule has 2 atom stereocenters. The summed E-state index contributed by atoms with van der Waals surface area (Å²) in [6.07, 6.45) is 0.897. The molecule has 5 heteroatoms. The number of esters is 1. The normalized spacial score (nSPS) is 18.4. The Kier molecular flexibility index (Phi) is 6.34. The quantitative estimate of drug-likeness (QED) is 0.726. The van der Waals surface area contributed by atoms with E-state index in [4.69, 9.17) is 4.74 Å². The molecular formula is C21H23NO3S. The van der Waals surface area contributed by atoms with Crippen molar-refractivity contribution < 1.29 is 14.3 Å². The molecule has 2 aromatic carbocycles. The average Bonchev–Trinajstić information content (AvgIpc) is 2.68. The Balaban J connectivity index is 1.95. The van der Waals surface area contributed by atoms with Crippen LogP contribution in [0.1, 0.15) is 29.8 Å². The minimum Gasteiger partial charge on any atom is -0.464 e. The van der Waals surface area contributed by atoms with E-state index in [0.717, 1.165) is 16.9 Å². The molecule has 1 fully saturated rings. The monoisotopic (exact) mass is 369 g/mol. The summed E-state index contributed by atoms with van der Waals surface area (Å²) in [6, 6.07) is 19.1. The van der Waals surface area contributed by atoms with Gasteiger partial charge in [-0.1, -0.05) is 60.7 Å². The van der Waals surface area contributed by atoms with Gasteiger partial charge in [0.2, 0.25) is 5.91 Å². The molecule has 1 amide bonds. The van der Waals surface area contributed by atoms with Crippen LogP contribution in [0, 0.1) is 0 Å². The molecule has 0 saturated carbocycles. The zero-order valence-electron chi connectivity index (χ0n) is 14.8. The van der Waals surface area contributed by atoms with Crippen molar-refractivity contribution in [2.75, 3.05) is 12.4 Å². The Bertz CT molecular complexity index is 735. The molecule has 0 aliphatic carbocycles. The van der Waals surface area contributed by atoms with Gasteiger partial charge in [0.15, 0.2) is 0 Å². The molecule has 4 nitrogen and oxygen atoms in total. The van der Waals surface area contributed by atoms with E-state index in [1.807, 2.05) is 60.7 Å². The van der Waals surface area contributed by atoms with Crippen LogP contribution in [0.3, 0.4) is 0 Å². The number of nitrogens with zero attached hydrogens (tertiary/aromatic N) is 1. The number of ether oxygens (including phenoxy) is 1. The summed E-state index contributed by atoms with van der Waals surface area (Å²) in [7, 11) is 0. The van der Waals surface area contributed by atoms with E-state index in [0.29, 0.717) is 19.4 Å². The molecule has 0 aromatic heterocycles. The van der Waals surface area contributed by atoms with Crippen molar-refractivity contribution in [3.63, 3.8) is 0 Å². The highest BCUT2D eigenvalue weighted by Gasteiger charge is 2.39.